The summed E-state index contributed by atoms with van der Waals surface area (Å²) in [6, 6.07) is 11.0. The number of hydrogen-bond acceptors (Lipinski definition) is 3. The molecule has 2 aromatic carbocycles. The second-order valence-electron chi connectivity index (χ2n) is 7.45. The molecule has 5 nitrogen and oxygen atoms in total. The molecule has 1 heterocycles. The van der Waals surface area contributed by atoms with Gasteiger partial charge in [-0.15, -0.1) is 0 Å². The van der Waals surface area contributed by atoms with Crippen molar-refractivity contribution in [3.8, 4) is 0 Å². The first-order chi connectivity index (χ1) is 14.3. The summed E-state index contributed by atoms with van der Waals surface area (Å²) in [5, 5.41) is 7.05. The van der Waals surface area contributed by atoms with Crippen LogP contribution in [0, 0.1) is 18.6 Å². The fourth-order valence-corrected chi connectivity index (χ4v) is 3.42. The first-order valence-corrected chi connectivity index (χ1v) is 9.94. The second kappa shape index (κ2) is 9.07. The van der Waals surface area contributed by atoms with E-state index in [2.05, 4.69) is 36.1 Å². The number of aryl methyl sites for hydroxylation is 1. The fraction of sp³-hybridized carbons (Fsp3) is 0.304. The largest absolute Gasteiger partial charge is 0.369 e. The van der Waals surface area contributed by atoms with E-state index in [1.165, 1.54) is 4.68 Å². The summed E-state index contributed by atoms with van der Waals surface area (Å²) >= 11 is 0. The molecule has 0 fully saturated rings. The van der Waals surface area contributed by atoms with Gasteiger partial charge in [0.1, 0.15) is 17.5 Å². The van der Waals surface area contributed by atoms with Crippen LogP contribution in [0.2, 0.25) is 0 Å². The first kappa shape index (κ1) is 21.5. The lowest BCUT2D eigenvalue weighted by Crippen LogP contribution is -2.30. The van der Waals surface area contributed by atoms with Crippen LogP contribution in [0.1, 0.15) is 42.3 Å². The summed E-state index contributed by atoms with van der Waals surface area (Å²) < 4.78 is 28.9. The van der Waals surface area contributed by atoms with Gasteiger partial charge in [0.25, 0.3) is 5.91 Å². The van der Waals surface area contributed by atoms with E-state index in [1.807, 2.05) is 12.1 Å². The van der Waals surface area contributed by atoms with Crippen molar-refractivity contribution in [3.63, 3.8) is 0 Å². The molecule has 3 rings (SSSR count). The molecule has 1 N–H and O–H groups in total. The zero-order valence-corrected chi connectivity index (χ0v) is 17.6. The minimum Gasteiger partial charge on any atom is -0.369 e. The highest BCUT2D eigenvalue weighted by Crippen LogP contribution is 2.21. The van der Waals surface area contributed by atoms with E-state index in [4.69, 9.17) is 0 Å². The molecule has 0 aliphatic carbocycles. The highest BCUT2D eigenvalue weighted by Gasteiger charge is 2.16. The standard InChI is InChI=1S/C23H26F2N4O/c1-5-28(15(2)3)20-9-6-17(7-10-20)23(30)27-22-16(4)13-26-29(22)14-18-12-19(24)8-11-21(18)25/h6-13,15H,5,14H2,1-4H3,(H,27,30). The Morgan fingerprint density at radius 2 is 1.87 bits per heavy atom. The van der Waals surface area contributed by atoms with E-state index in [9.17, 15) is 13.6 Å². The van der Waals surface area contributed by atoms with Crippen molar-refractivity contribution < 1.29 is 13.6 Å². The van der Waals surface area contributed by atoms with Gasteiger partial charge in [0.2, 0.25) is 0 Å². The number of rotatable bonds is 7. The fourth-order valence-electron chi connectivity index (χ4n) is 3.42. The molecule has 3 aromatic rings. The van der Waals surface area contributed by atoms with Crippen LogP contribution in [-0.2, 0) is 6.54 Å². The van der Waals surface area contributed by atoms with Crippen molar-refractivity contribution >= 4 is 17.4 Å². The maximum absolute atomic E-state index is 14.0. The van der Waals surface area contributed by atoms with Crippen molar-refractivity contribution in [1.82, 2.24) is 9.78 Å². The van der Waals surface area contributed by atoms with Crippen molar-refractivity contribution in [2.24, 2.45) is 0 Å². The van der Waals surface area contributed by atoms with Crippen LogP contribution in [0.25, 0.3) is 0 Å². The Kier molecular flexibility index (Phi) is 6.50. The Morgan fingerprint density at radius 3 is 2.50 bits per heavy atom. The average molecular weight is 412 g/mol. The van der Waals surface area contributed by atoms with Gasteiger partial charge >= 0.3 is 0 Å². The number of carbonyl (C=O) groups excluding carboxylic acids is 1. The van der Waals surface area contributed by atoms with Gasteiger partial charge in [0.05, 0.1) is 12.7 Å². The van der Waals surface area contributed by atoms with Crippen LogP contribution in [-0.4, -0.2) is 28.3 Å². The molecule has 0 aliphatic rings. The Bertz CT molecular complexity index is 1030. The summed E-state index contributed by atoms with van der Waals surface area (Å²) in [6.07, 6.45) is 1.58. The third-order valence-electron chi connectivity index (χ3n) is 5.01. The van der Waals surface area contributed by atoms with E-state index in [0.29, 0.717) is 17.4 Å². The van der Waals surface area contributed by atoms with Gasteiger partial charge in [-0.3, -0.25) is 4.79 Å². The van der Waals surface area contributed by atoms with Gasteiger partial charge in [-0.25, -0.2) is 13.5 Å². The van der Waals surface area contributed by atoms with Crippen LogP contribution in [0.5, 0.6) is 0 Å². The molecule has 7 heteroatoms. The van der Waals surface area contributed by atoms with Gasteiger partial charge in [0.15, 0.2) is 0 Å². The van der Waals surface area contributed by atoms with Crippen LogP contribution in [0.3, 0.4) is 0 Å². The van der Waals surface area contributed by atoms with Crippen molar-refractivity contribution in [2.75, 3.05) is 16.8 Å². The molecule has 158 valence electrons. The Balaban J connectivity index is 1.79. The quantitative estimate of drug-likeness (QED) is 0.594. The Labute approximate surface area is 175 Å². The maximum Gasteiger partial charge on any atom is 0.256 e. The highest BCUT2D eigenvalue weighted by molar-refractivity contribution is 6.04. The maximum atomic E-state index is 14.0. The molecular weight excluding hydrogens is 386 g/mol. The number of nitrogens with one attached hydrogen (secondary N) is 1. The Hall–Kier alpha value is -3.22. The number of anilines is 2. The lowest BCUT2D eigenvalue weighted by atomic mass is 10.1. The molecule has 1 aromatic heterocycles. The summed E-state index contributed by atoms with van der Waals surface area (Å²) in [4.78, 5) is 15.0. The summed E-state index contributed by atoms with van der Waals surface area (Å²) in [5.74, 6) is -0.893. The van der Waals surface area contributed by atoms with Crippen molar-refractivity contribution in [3.05, 3.63) is 77.0 Å². The first-order valence-electron chi connectivity index (χ1n) is 9.94. The van der Waals surface area contributed by atoms with Gasteiger partial charge in [0, 0.05) is 35.0 Å². The lowest BCUT2D eigenvalue weighted by Gasteiger charge is -2.27. The summed E-state index contributed by atoms with van der Waals surface area (Å²) in [5.41, 5.74) is 2.44. The van der Waals surface area contributed by atoms with E-state index in [0.717, 1.165) is 36.0 Å². The van der Waals surface area contributed by atoms with Crippen molar-refractivity contribution in [2.45, 2.75) is 40.3 Å². The second-order valence-corrected chi connectivity index (χ2v) is 7.45. The molecule has 0 spiro atoms. The molecule has 30 heavy (non-hydrogen) atoms. The zero-order chi connectivity index (χ0) is 21.8. The number of hydrogen-bond donors (Lipinski definition) is 1. The van der Waals surface area contributed by atoms with Crippen LogP contribution < -0.4 is 10.2 Å². The number of benzene rings is 2. The topological polar surface area (TPSA) is 50.2 Å². The lowest BCUT2D eigenvalue weighted by molar-refractivity contribution is 0.102. The highest BCUT2D eigenvalue weighted by atomic mass is 19.1. The number of aromatic nitrogens is 2. The smallest absolute Gasteiger partial charge is 0.256 e. The predicted octanol–water partition coefficient (Wildman–Crippen LogP) is 5.01. The molecule has 0 atom stereocenters. The molecule has 0 saturated carbocycles. The minimum atomic E-state index is -0.525. The van der Waals surface area contributed by atoms with Gasteiger partial charge in [-0.1, -0.05) is 0 Å². The third kappa shape index (κ3) is 4.67. The molecule has 0 bridgehead atoms. The third-order valence-corrected chi connectivity index (χ3v) is 5.01. The normalized spacial score (nSPS) is 11.0. The monoisotopic (exact) mass is 412 g/mol. The van der Waals surface area contributed by atoms with E-state index < -0.39 is 11.6 Å². The number of halogens is 2. The number of carbonyl (C=O) groups is 1. The van der Waals surface area contributed by atoms with Crippen LogP contribution in [0.4, 0.5) is 20.3 Å². The molecular formula is C23H26F2N4O. The zero-order valence-electron chi connectivity index (χ0n) is 17.6. The van der Waals surface area contributed by atoms with Gasteiger partial charge in [-0.2, -0.15) is 5.10 Å². The summed E-state index contributed by atoms with van der Waals surface area (Å²) in [6.45, 7) is 9.01. The number of nitrogens with zero attached hydrogens (tertiary/aromatic N) is 3. The average Bonchev–Trinajstić information content (AvgIpc) is 3.05. The van der Waals surface area contributed by atoms with Gasteiger partial charge in [-0.05, 0) is 70.2 Å². The molecule has 0 radical (unpaired) electrons. The molecule has 0 saturated heterocycles. The van der Waals surface area contributed by atoms with E-state index in [1.54, 1.807) is 25.3 Å². The van der Waals surface area contributed by atoms with Crippen LogP contribution >= 0.6 is 0 Å². The van der Waals surface area contributed by atoms with E-state index in [-0.39, 0.29) is 18.0 Å². The minimum absolute atomic E-state index is 0.00579. The Morgan fingerprint density at radius 1 is 1.17 bits per heavy atom. The summed E-state index contributed by atoms with van der Waals surface area (Å²) in [7, 11) is 0. The molecule has 1 amide bonds. The predicted molar refractivity (Wildman–Crippen MR) is 115 cm³/mol. The number of amides is 1. The van der Waals surface area contributed by atoms with Crippen molar-refractivity contribution in [1.29, 1.82) is 0 Å². The molecule has 0 unspecified atom stereocenters. The van der Waals surface area contributed by atoms with Gasteiger partial charge < -0.3 is 10.2 Å². The molecule has 0 aliphatic heterocycles. The van der Waals surface area contributed by atoms with Crippen LogP contribution in [0.15, 0.2) is 48.7 Å². The van der Waals surface area contributed by atoms with E-state index >= 15 is 0 Å². The SMILES string of the molecule is CCN(c1ccc(C(=O)Nc2c(C)cnn2Cc2cc(F)ccc2F)cc1)C(C)C.